The van der Waals surface area contributed by atoms with Crippen LogP contribution in [0.3, 0.4) is 0 Å². The van der Waals surface area contributed by atoms with Crippen LogP contribution in [0.25, 0.3) is 0 Å². The van der Waals surface area contributed by atoms with E-state index in [0.29, 0.717) is 27.9 Å². The molecule has 1 N–H and O–H groups in total. The van der Waals surface area contributed by atoms with E-state index in [2.05, 4.69) is 28.2 Å². The number of amides is 2. The number of likely N-dealkylation sites (N-methyl/N-ethyl adjacent to an activating group) is 1. The van der Waals surface area contributed by atoms with Crippen LogP contribution in [0, 0.1) is 0 Å². The van der Waals surface area contributed by atoms with Crippen LogP contribution in [0.5, 0.6) is 5.75 Å². The van der Waals surface area contributed by atoms with Crippen LogP contribution in [0.2, 0.25) is 10.0 Å². The Balaban J connectivity index is 2.19. The third kappa shape index (κ3) is 6.62. The fraction of sp³-hybridized carbons (Fsp3) is 0.364. The number of ether oxygens (including phenoxy) is 1. The third-order valence-electron chi connectivity index (χ3n) is 4.63. The largest absolute Gasteiger partial charge is 0.483 e. The van der Waals surface area contributed by atoms with Crippen molar-refractivity contribution in [1.29, 1.82) is 0 Å². The summed E-state index contributed by atoms with van der Waals surface area (Å²) in [5, 5.41) is 3.69. The minimum absolute atomic E-state index is 0.159. The molecule has 0 bridgehead atoms. The minimum Gasteiger partial charge on any atom is -0.483 e. The smallest absolute Gasteiger partial charge is 0.261 e. The van der Waals surface area contributed by atoms with Crippen molar-refractivity contribution < 1.29 is 14.3 Å². The highest BCUT2D eigenvalue weighted by Crippen LogP contribution is 2.27. The summed E-state index contributed by atoms with van der Waals surface area (Å²) in [6, 6.07) is 10.1. The highest BCUT2D eigenvalue weighted by atomic mass is 79.9. The van der Waals surface area contributed by atoms with E-state index in [4.69, 9.17) is 27.9 Å². The molecule has 0 heterocycles. The first-order chi connectivity index (χ1) is 14.3. The zero-order valence-electron chi connectivity index (χ0n) is 17.2. The van der Waals surface area contributed by atoms with Gasteiger partial charge in [0.2, 0.25) is 5.91 Å². The number of carbonyl (C=O) groups excluding carboxylic acids is 2. The molecule has 2 aromatic carbocycles. The van der Waals surface area contributed by atoms with Crippen LogP contribution < -0.4 is 10.1 Å². The molecule has 5 nitrogen and oxygen atoms in total. The van der Waals surface area contributed by atoms with Gasteiger partial charge in [-0.25, -0.2) is 0 Å². The predicted octanol–water partition coefficient (Wildman–Crippen LogP) is 5.25. The summed E-state index contributed by atoms with van der Waals surface area (Å²) in [6.45, 7) is 5.99. The lowest BCUT2D eigenvalue weighted by Gasteiger charge is -2.29. The fourth-order valence-electron chi connectivity index (χ4n) is 2.84. The number of halogens is 3. The average molecular weight is 516 g/mol. The highest BCUT2D eigenvalue weighted by molar-refractivity contribution is 9.10. The molecule has 0 saturated carbocycles. The van der Waals surface area contributed by atoms with Gasteiger partial charge in [-0.3, -0.25) is 9.59 Å². The Kier molecular flexibility index (Phi) is 9.46. The summed E-state index contributed by atoms with van der Waals surface area (Å²) in [5.41, 5.74) is 1.85. The molecule has 0 spiro atoms. The van der Waals surface area contributed by atoms with E-state index in [-0.39, 0.29) is 25.0 Å². The maximum absolute atomic E-state index is 13.0. The van der Waals surface area contributed by atoms with Gasteiger partial charge in [0.15, 0.2) is 6.61 Å². The fourth-order valence-corrected chi connectivity index (χ4v) is 3.85. The van der Waals surface area contributed by atoms with E-state index >= 15 is 0 Å². The van der Waals surface area contributed by atoms with Gasteiger partial charge in [-0.05, 0) is 71.6 Å². The van der Waals surface area contributed by atoms with E-state index < -0.39 is 6.04 Å². The summed E-state index contributed by atoms with van der Waals surface area (Å²) in [7, 11) is 0. The molecule has 0 saturated heterocycles. The average Bonchev–Trinajstić information content (AvgIpc) is 2.71. The maximum atomic E-state index is 13.0. The molecule has 2 aromatic rings. The minimum atomic E-state index is -0.696. The van der Waals surface area contributed by atoms with Crippen molar-refractivity contribution in [3.8, 4) is 5.75 Å². The van der Waals surface area contributed by atoms with Crippen LogP contribution in [0.15, 0.2) is 40.9 Å². The molecule has 2 rings (SSSR count). The first-order valence-electron chi connectivity index (χ1n) is 9.69. The lowest BCUT2D eigenvalue weighted by molar-refractivity contribution is -0.142. The van der Waals surface area contributed by atoms with Crippen molar-refractivity contribution in [2.24, 2.45) is 0 Å². The standard InChI is InChI=1S/C22H25BrCl2N2O3/c1-4-15-6-9-20(18(23)10-15)30-13-21(28)27(14(3)22(29)26-5-2)12-16-7-8-17(24)11-19(16)25/h6-11,14H,4-5,12-13H2,1-3H3,(H,26,29). The van der Waals surface area contributed by atoms with Crippen molar-refractivity contribution in [3.63, 3.8) is 0 Å². The van der Waals surface area contributed by atoms with Crippen molar-refractivity contribution in [3.05, 3.63) is 62.0 Å². The Morgan fingerprint density at radius 2 is 1.90 bits per heavy atom. The molecule has 162 valence electrons. The second-order valence-corrected chi connectivity index (χ2v) is 8.43. The van der Waals surface area contributed by atoms with E-state index in [0.717, 1.165) is 16.5 Å². The molecule has 30 heavy (non-hydrogen) atoms. The van der Waals surface area contributed by atoms with Gasteiger partial charge in [0.05, 0.1) is 4.47 Å². The number of nitrogens with one attached hydrogen (secondary N) is 1. The van der Waals surface area contributed by atoms with Gasteiger partial charge >= 0.3 is 0 Å². The lowest BCUT2D eigenvalue weighted by atomic mass is 10.1. The summed E-state index contributed by atoms with van der Waals surface area (Å²) in [5.74, 6) is -0.00802. The number of aryl methyl sites for hydroxylation is 1. The Hall–Kier alpha value is -1.76. The van der Waals surface area contributed by atoms with Gasteiger partial charge in [0.1, 0.15) is 11.8 Å². The number of hydrogen-bond donors (Lipinski definition) is 1. The van der Waals surface area contributed by atoms with Crippen LogP contribution in [0.4, 0.5) is 0 Å². The van der Waals surface area contributed by atoms with E-state index in [9.17, 15) is 9.59 Å². The Morgan fingerprint density at radius 1 is 1.17 bits per heavy atom. The van der Waals surface area contributed by atoms with E-state index in [1.165, 1.54) is 4.90 Å². The van der Waals surface area contributed by atoms with Gasteiger partial charge < -0.3 is 15.0 Å². The first-order valence-corrected chi connectivity index (χ1v) is 11.2. The van der Waals surface area contributed by atoms with Gasteiger partial charge in [-0.1, -0.05) is 42.3 Å². The molecule has 0 aromatic heterocycles. The second kappa shape index (κ2) is 11.6. The quantitative estimate of drug-likeness (QED) is 0.496. The van der Waals surface area contributed by atoms with Crippen molar-refractivity contribution in [2.45, 2.75) is 39.8 Å². The zero-order valence-corrected chi connectivity index (χ0v) is 20.3. The number of nitrogens with zero attached hydrogens (tertiary/aromatic N) is 1. The number of hydrogen-bond acceptors (Lipinski definition) is 3. The monoisotopic (exact) mass is 514 g/mol. The Labute approximate surface area is 195 Å². The molecule has 1 unspecified atom stereocenters. The lowest BCUT2D eigenvalue weighted by Crippen LogP contribution is -2.49. The van der Waals surface area contributed by atoms with E-state index in [1.807, 2.05) is 25.1 Å². The Morgan fingerprint density at radius 3 is 2.50 bits per heavy atom. The van der Waals surface area contributed by atoms with Crippen molar-refractivity contribution in [1.82, 2.24) is 10.2 Å². The van der Waals surface area contributed by atoms with Crippen molar-refractivity contribution >= 4 is 50.9 Å². The molecule has 8 heteroatoms. The van der Waals surface area contributed by atoms with Crippen LogP contribution >= 0.6 is 39.1 Å². The van der Waals surface area contributed by atoms with E-state index in [1.54, 1.807) is 25.1 Å². The summed E-state index contributed by atoms with van der Waals surface area (Å²) in [6.07, 6.45) is 0.900. The Bertz CT molecular complexity index is 908. The third-order valence-corrected chi connectivity index (χ3v) is 5.84. The number of carbonyl (C=O) groups is 2. The van der Waals surface area contributed by atoms with Crippen LogP contribution in [-0.2, 0) is 22.6 Å². The molecule has 0 fully saturated rings. The summed E-state index contributed by atoms with van der Waals surface area (Å²) in [4.78, 5) is 26.9. The topological polar surface area (TPSA) is 58.6 Å². The molecule has 0 aliphatic carbocycles. The van der Waals surface area contributed by atoms with Gasteiger partial charge in [0, 0.05) is 23.1 Å². The molecular formula is C22H25BrCl2N2O3. The van der Waals surface area contributed by atoms with Crippen molar-refractivity contribution in [2.75, 3.05) is 13.2 Å². The predicted molar refractivity (Wildman–Crippen MR) is 124 cm³/mol. The van der Waals surface area contributed by atoms with Crippen LogP contribution in [0.1, 0.15) is 31.9 Å². The molecule has 0 aliphatic rings. The molecule has 0 radical (unpaired) electrons. The molecule has 2 amide bonds. The molecular weight excluding hydrogens is 491 g/mol. The molecule has 0 aliphatic heterocycles. The zero-order chi connectivity index (χ0) is 22.3. The summed E-state index contributed by atoms with van der Waals surface area (Å²) < 4.78 is 6.51. The SMILES string of the molecule is CCNC(=O)C(C)N(Cc1ccc(Cl)cc1Cl)C(=O)COc1ccc(CC)cc1Br. The van der Waals surface area contributed by atoms with Gasteiger partial charge in [-0.15, -0.1) is 0 Å². The first kappa shape index (κ1) is 24.5. The normalized spacial score (nSPS) is 11.7. The van der Waals surface area contributed by atoms with Gasteiger partial charge in [0.25, 0.3) is 5.91 Å². The highest BCUT2D eigenvalue weighted by Gasteiger charge is 2.27. The number of rotatable bonds is 9. The maximum Gasteiger partial charge on any atom is 0.261 e. The molecule has 1 atom stereocenters. The van der Waals surface area contributed by atoms with Gasteiger partial charge in [-0.2, -0.15) is 0 Å². The number of benzene rings is 2. The van der Waals surface area contributed by atoms with Crippen LogP contribution in [-0.4, -0.2) is 35.9 Å². The summed E-state index contributed by atoms with van der Waals surface area (Å²) >= 11 is 15.7. The second-order valence-electron chi connectivity index (χ2n) is 6.73.